The zero-order chi connectivity index (χ0) is 20.5. The first-order valence-electron chi connectivity index (χ1n) is 9.63. The molecular formula is C21H20ClN3O4. The molecule has 2 aliphatic rings. The Morgan fingerprint density at radius 2 is 1.90 bits per heavy atom. The van der Waals surface area contributed by atoms with Crippen molar-refractivity contribution in [3.05, 3.63) is 62.7 Å². The van der Waals surface area contributed by atoms with Gasteiger partial charge in [0.2, 0.25) is 5.91 Å². The zero-order valence-electron chi connectivity index (χ0n) is 15.7. The largest absolute Gasteiger partial charge is 0.322 e. The molecule has 7 nitrogen and oxygen atoms in total. The third-order valence-electron chi connectivity index (χ3n) is 5.60. The fraction of sp³-hybridized carbons (Fsp3) is 0.333. The molecule has 0 bridgehead atoms. The van der Waals surface area contributed by atoms with Crippen LogP contribution in [0.1, 0.15) is 41.6 Å². The first kappa shape index (κ1) is 19.4. The average Bonchev–Trinajstić information content (AvgIpc) is 3.37. The molecule has 2 amide bonds. The van der Waals surface area contributed by atoms with Crippen LogP contribution < -0.4 is 10.2 Å². The van der Waals surface area contributed by atoms with Crippen LogP contribution in [0.2, 0.25) is 5.02 Å². The second-order valence-electron chi connectivity index (χ2n) is 7.44. The highest BCUT2D eigenvalue weighted by Crippen LogP contribution is 2.35. The van der Waals surface area contributed by atoms with Gasteiger partial charge in [-0.1, -0.05) is 24.4 Å². The third-order valence-corrected chi connectivity index (χ3v) is 5.84. The van der Waals surface area contributed by atoms with E-state index < -0.39 is 10.8 Å². The highest BCUT2D eigenvalue weighted by Gasteiger charge is 2.32. The molecule has 1 saturated carbocycles. The molecule has 0 radical (unpaired) electrons. The normalized spacial score (nSPS) is 16.0. The highest BCUT2D eigenvalue weighted by atomic mass is 35.5. The number of carbonyl (C=O) groups excluding carboxylic acids is 2. The van der Waals surface area contributed by atoms with E-state index in [9.17, 15) is 19.7 Å². The number of rotatable bonds is 4. The topological polar surface area (TPSA) is 92.6 Å². The lowest BCUT2D eigenvalue weighted by atomic mass is 10.1. The van der Waals surface area contributed by atoms with Crippen molar-refractivity contribution in [2.75, 3.05) is 16.8 Å². The highest BCUT2D eigenvalue weighted by molar-refractivity contribution is 6.31. The predicted octanol–water partition coefficient (Wildman–Crippen LogP) is 4.58. The van der Waals surface area contributed by atoms with Crippen LogP contribution in [0.5, 0.6) is 0 Å². The molecule has 1 aliphatic heterocycles. The maximum Gasteiger partial charge on any atom is 0.282 e. The number of hydrogen-bond acceptors (Lipinski definition) is 4. The van der Waals surface area contributed by atoms with Gasteiger partial charge in [0.25, 0.3) is 11.6 Å². The summed E-state index contributed by atoms with van der Waals surface area (Å²) in [5.74, 6) is -0.299. The van der Waals surface area contributed by atoms with Crippen LogP contribution in [0.3, 0.4) is 0 Å². The van der Waals surface area contributed by atoms with Gasteiger partial charge in [-0.15, -0.1) is 0 Å². The maximum absolute atomic E-state index is 12.8. The van der Waals surface area contributed by atoms with E-state index in [4.69, 9.17) is 11.6 Å². The quantitative estimate of drug-likeness (QED) is 0.586. The number of nitro groups is 1. The number of nitrogens with one attached hydrogen (secondary N) is 1. The molecule has 2 aromatic rings. The SMILES string of the molecule is O=C(Nc1ccc2c(c1)CCN2C(=O)C1CCCC1)c1cc(Cl)ccc1[N+](=O)[O-]. The standard InChI is InChI=1S/C21H20ClN3O4/c22-15-5-7-19(25(28)29)17(12-15)20(26)23-16-6-8-18-14(11-16)9-10-24(18)21(27)13-3-1-2-4-13/h5-8,11-13H,1-4,9-10H2,(H,23,26). The molecule has 1 heterocycles. The molecule has 1 fully saturated rings. The molecule has 150 valence electrons. The van der Waals surface area contributed by atoms with E-state index in [-0.39, 0.29) is 28.1 Å². The molecule has 1 aliphatic carbocycles. The van der Waals surface area contributed by atoms with Crippen LogP contribution in [0.25, 0.3) is 0 Å². The molecule has 0 aromatic heterocycles. The van der Waals surface area contributed by atoms with Gasteiger partial charge < -0.3 is 10.2 Å². The molecule has 29 heavy (non-hydrogen) atoms. The Morgan fingerprint density at radius 3 is 2.62 bits per heavy atom. The van der Waals surface area contributed by atoms with Crippen molar-refractivity contribution in [2.24, 2.45) is 5.92 Å². The number of fused-ring (bicyclic) bond motifs is 1. The van der Waals surface area contributed by atoms with Crippen LogP contribution in [-0.4, -0.2) is 23.3 Å². The Bertz CT molecular complexity index is 1000. The minimum atomic E-state index is -0.611. The fourth-order valence-electron chi connectivity index (χ4n) is 4.15. The Labute approximate surface area is 172 Å². The van der Waals surface area contributed by atoms with Crippen molar-refractivity contribution in [3.63, 3.8) is 0 Å². The monoisotopic (exact) mass is 413 g/mol. The van der Waals surface area contributed by atoms with Gasteiger partial charge in [0.05, 0.1) is 4.92 Å². The van der Waals surface area contributed by atoms with E-state index in [1.807, 2.05) is 17.0 Å². The van der Waals surface area contributed by atoms with Gasteiger partial charge in [-0.05, 0) is 55.2 Å². The smallest absolute Gasteiger partial charge is 0.282 e. The molecular weight excluding hydrogens is 394 g/mol. The number of nitro benzene ring substituents is 1. The van der Waals surface area contributed by atoms with Crippen LogP contribution in [0.15, 0.2) is 36.4 Å². The van der Waals surface area contributed by atoms with Crippen molar-refractivity contribution in [1.29, 1.82) is 0 Å². The van der Waals surface area contributed by atoms with Gasteiger partial charge in [-0.25, -0.2) is 0 Å². The number of halogens is 1. The minimum absolute atomic E-state index is 0.0963. The summed E-state index contributed by atoms with van der Waals surface area (Å²) in [7, 11) is 0. The van der Waals surface area contributed by atoms with Crippen molar-refractivity contribution >= 4 is 40.5 Å². The first-order chi connectivity index (χ1) is 13.9. The molecule has 8 heteroatoms. The number of amides is 2. The zero-order valence-corrected chi connectivity index (χ0v) is 16.4. The molecule has 0 unspecified atom stereocenters. The molecule has 0 saturated heterocycles. The van der Waals surface area contributed by atoms with Gasteiger partial charge in [-0.2, -0.15) is 0 Å². The van der Waals surface area contributed by atoms with Gasteiger partial charge >= 0.3 is 0 Å². The van der Waals surface area contributed by atoms with E-state index in [0.717, 1.165) is 43.4 Å². The van der Waals surface area contributed by atoms with Crippen LogP contribution in [-0.2, 0) is 11.2 Å². The van der Waals surface area contributed by atoms with E-state index in [1.54, 1.807) is 6.07 Å². The minimum Gasteiger partial charge on any atom is -0.322 e. The van der Waals surface area contributed by atoms with E-state index in [1.165, 1.54) is 18.2 Å². The number of nitrogens with zero attached hydrogens (tertiary/aromatic N) is 2. The summed E-state index contributed by atoms with van der Waals surface area (Å²) >= 11 is 5.90. The van der Waals surface area contributed by atoms with Crippen molar-refractivity contribution in [2.45, 2.75) is 32.1 Å². The number of anilines is 2. The lowest BCUT2D eigenvalue weighted by Gasteiger charge is -2.21. The Balaban J connectivity index is 1.53. The molecule has 1 N–H and O–H groups in total. The average molecular weight is 414 g/mol. The summed E-state index contributed by atoms with van der Waals surface area (Å²) < 4.78 is 0. The summed E-state index contributed by atoms with van der Waals surface area (Å²) in [5, 5.41) is 14.1. The Kier molecular flexibility index (Phi) is 5.24. The summed E-state index contributed by atoms with van der Waals surface area (Å²) in [4.78, 5) is 37.8. The molecule has 0 spiro atoms. The van der Waals surface area contributed by atoms with E-state index >= 15 is 0 Å². The maximum atomic E-state index is 12.8. The molecule has 2 aromatic carbocycles. The number of hydrogen-bond donors (Lipinski definition) is 1. The third kappa shape index (κ3) is 3.82. The number of benzene rings is 2. The second-order valence-corrected chi connectivity index (χ2v) is 7.87. The van der Waals surface area contributed by atoms with Crippen LogP contribution in [0.4, 0.5) is 17.1 Å². The van der Waals surface area contributed by atoms with Crippen LogP contribution in [0, 0.1) is 16.0 Å². The fourth-order valence-corrected chi connectivity index (χ4v) is 4.32. The second kappa shape index (κ2) is 7.83. The Morgan fingerprint density at radius 1 is 1.14 bits per heavy atom. The predicted molar refractivity (Wildman–Crippen MR) is 111 cm³/mol. The molecule has 0 atom stereocenters. The van der Waals surface area contributed by atoms with Crippen molar-refractivity contribution in [3.8, 4) is 0 Å². The van der Waals surface area contributed by atoms with Crippen molar-refractivity contribution < 1.29 is 14.5 Å². The van der Waals surface area contributed by atoms with E-state index in [2.05, 4.69) is 5.32 Å². The lowest BCUT2D eigenvalue weighted by Crippen LogP contribution is -2.33. The van der Waals surface area contributed by atoms with Gasteiger partial charge in [-0.3, -0.25) is 19.7 Å². The summed E-state index contributed by atoms with van der Waals surface area (Å²) in [5.41, 5.74) is 1.99. The lowest BCUT2D eigenvalue weighted by molar-refractivity contribution is -0.385. The van der Waals surface area contributed by atoms with Gasteiger partial charge in [0.15, 0.2) is 0 Å². The summed E-state index contributed by atoms with van der Waals surface area (Å²) in [6.07, 6.45) is 4.85. The van der Waals surface area contributed by atoms with Crippen molar-refractivity contribution in [1.82, 2.24) is 0 Å². The molecule has 4 rings (SSSR count). The summed E-state index contributed by atoms with van der Waals surface area (Å²) in [6, 6.07) is 9.24. The van der Waals surface area contributed by atoms with Gasteiger partial charge in [0, 0.05) is 34.9 Å². The van der Waals surface area contributed by atoms with Gasteiger partial charge in [0.1, 0.15) is 5.56 Å². The first-order valence-corrected chi connectivity index (χ1v) is 10.0. The number of carbonyl (C=O) groups is 2. The van der Waals surface area contributed by atoms with E-state index in [0.29, 0.717) is 12.2 Å². The summed E-state index contributed by atoms with van der Waals surface area (Å²) in [6.45, 7) is 0.641. The Hall–Kier alpha value is -2.93. The van der Waals surface area contributed by atoms with Crippen LogP contribution >= 0.6 is 11.6 Å².